The first kappa shape index (κ1) is 14.9. The van der Waals surface area contributed by atoms with Crippen molar-refractivity contribution in [1.82, 2.24) is 0 Å². The van der Waals surface area contributed by atoms with E-state index in [9.17, 15) is 8.78 Å². The van der Waals surface area contributed by atoms with Crippen molar-refractivity contribution >= 4 is 15.9 Å². The number of hydrogen-bond acceptors (Lipinski definition) is 2. The van der Waals surface area contributed by atoms with Crippen LogP contribution < -0.4 is 10.5 Å². The lowest BCUT2D eigenvalue weighted by molar-refractivity contribution is 0.300. The molecule has 0 saturated heterocycles. The fraction of sp³-hybridized carbons (Fsp3) is 0.200. The van der Waals surface area contributed by atoms with Crippen LogP contribution in [0.1, 0.15) is 24.1 Å². The molecule has 0 spiro atoms. The number of halogens is 3. The molecule has 106 valence electrons. The maximum Gasteiger partial charge on any atom is 0.124 e. The van der Waals surface area contributed by atoms with Crippen LogP contribution in [0.4, 0.5) is 8.78 Å². The number of ether oxygens (including phenoxy) is 1. The van der Waals surface area contributed by atoms with E-state index in [2.05, 4.69) is 15.9 Å². The van der Waals surface area contributed by atoms with Gasteiger partial charge in [-0.3, -0.25) is 0 Å². The zero-order valence-electron chi connectivity index (χ0n) is 10.9. The third-order valence-corrected chi connectivity index (χ3v) is 3.24. The van der Waals surface area contributed by atoms with Gasteiger partial charge in [-0.25, -0.2) is 8.78 Å². The summed E-state index contributed by atoms with van der Waals surface area (Å²) < 4.78 is 32.7. The minimum absolute atomic E-state index is 0.182. The van der Waals surface area contributed by atoms with Gasteiger partial charge < -0.3 is 10.5 Å². The molecule has 2 N–H and O–H groups in total. The van der Waals surface area contributed by atoms with Gasteiger partial charge in [0.05, 0.1) is 0 Å². The molecule has 0 saturated carbocycles. The largest absolute Gasteiger partial charge is 0.489 e. The van der Waals surface area contributed by atoms with E-state index in [-0.39, 0.29) is 24.3 Å². The Labute approximate surface area is 124 Å². The number of hydrogen-bond donors (Lipinski definition) is 1. The van der Waals surface area contributed by atoms with E-state index in [1.807, 2.05) is 0 Å². The standard InChI is InChI=1S/C15H14BrF2NO/c1-9(19)14-7-12(17)2-3-15(14)20-8-10-4-11(16)6-13(18)5-10/h2-7,9H,8,19H2,1H3/t9-/m1/s1. The Balaban J connectivity index is 2.18. The second kappa shape index (κ2) is 6.33. The maximum absolute atomic E-state index is 13.3. The Morgan fingerprint density at radius 3 is 2.55 bits per heavy atom. The van der Waals surface area contributed by atoms with Gasteiger partial charge in [-0.1, -0.05) is 15.9 Å². The molecule has 0 aliphatic rings. The molecule has 0 aliphatic heterocycles. The van der Waals surface area contributed by atoms with Crippen molar-refractivity contribution in [3.05, 3.63) is 63.6 Å². The fourth-order valence-electron chi connectivity index (χ4n) is 1.86. The lowest BCUT2D eigenvalue weighted by Gasteiger charge is -2.14. The molecule has 0 aliphatic carbocycles. The van der Waals surface area contributed by atoms with E-state index < -0.39 is 0 Å². The predicted molar refractivity (Wildman–Crippen MR) is 77.4 cm³/mol. The summed E-state index contributed by atoms with van der Waals surface area (Å²) in [6.07, 6.45) is 0. The molecule has 0 bridgehead atoms. The van der Waals surface area contributed by atoms with E-state index in [4.69, 9.17) is 10.5 Å². The zero-order valence-corrected chi connectivity index (χ0v) is 12.5. The molecule has 20 heavy (non-hydrogen) atoms. The van der Waals surface area contributed by atoms with Crippen LogP contribution in [0, 0.1) is 11.6 Å². The lowest BCUT2D eigenvalue weighted by atomic mass is 10.1. The van der Waals surface area contributed by atoms with Crippen molar-refractivity contribution in [2.75, 3.05) is 0 Å². The molecule has 1 atom stereocenters. The number of rotatable bonds is 4. The molecule has 2 aromatic rings. The summed E-state index contributed by atoms with van der Waals surface area (Å²) in [5, 5.41) is 0. The minimum atomic E-state index is -0.363. The van der Waals surface area contributed by atoms with Crippen LogP contribution in [0.15, 0.2) is 40.9 Å². The van der Waals surface area contributed by atoms with Gasteiger partial charge >= 0.3 is 0 Å². The molecule has 0 heterocycles. The van der Waals surface area contributed by atoms with Crippen LogP contribution in [0.5, 0.6) is 5.75 Å². The van der Waals surface area contributed by atoms with Crippen LogP contribution in [0.3, 0.4) is 0 Å². The van der Waals surface area contributed by atoms with Gasteiger partial charge in [0.1, 0.15) is 24.0 Å². The van der Waals surface area contributed by atoms with E-state index in [0.717, 1.165) is 0 Å². The van der Waals surface area contributed by atoms with E-state index in [1.54, 1.807) is 13.0 Å². The highest BCUT2D eigenvalue weighted by Crippen LogP contribution is 2.26. The Morgan fingerprint density at radius 2 is 1.90 bits per heavy atom. The monoisotopic (exact) mass is 341 g/mol. The van der Waals surface area contributed by atoms with Crippen molar-refractivity contribution in [3.63, 3.8) is 0 Å². The smallest absolute Gasteiger partial charge is 0.124 e. The van der Waals surface area contributed by atoms with Crippen LogP contribution >= 0.6 is 15.9 Å². The van der Waals surface area contributed by atoms with Gasteiger partial charge in [-0.15, -0.1) is 0 Å². The predicted octanol–water partition coefficient (Wildman–Crippen LogP) is 4.33. The van der Waals surface area contributed by atoms with Gasteiger partial charge in [-0.05, 0) is 48.9 Å². The lowest BCUT2D eigenvalue weighted by Crippen LogP contribution is -2.08. The normalized spacial score (nSPS) is 12.2. The summed E-state index contributed by atoms with van der Waals surface area (Å²) in [4.78, 5) is 0. The van der Waals surface area contributed by atoms with Crippen LogP contribution in [-0.4, -0.2) is 0 Å². The summed E-state index contributed by atoms with van der Waals surface area (Å²) in [5.41, 5.74) is 7.05. The highest BCUT2D eigenvalue weighted by atomic mass is 79.9. The molecule has 0 fully saturated rings. The second-order valence-corrected chi connectivity index (χ2v) is 5.45. The van der Waals surface area contributed by atoms with Crippen molar-refractivity contribution in [2.45, 2.75) is 19.6 Å². The summed E-state index contributed by atoms with van der Waals surface area (Å²) in [6.45, 7) is 1.93. The van der Waals surface area contributed by atoms with Crippen molar-refractivity contribution in [1.29, 1.82) is 0 Å². The Kier molecular flexibility index (Phi) is 4.73. The molecular weight excluding hydrogens is 328 g/mol. The first-order chi connectivity index (χ1) is 9.45. The molecular formula is C15H14BrF2NO. The highest BCUT2D eigenvalue weighted by molar-refractivity contribution is 9.10. The van der Waals surface area contributed by atoms with Crippen LogP contribution in [-0.2, 0) is 6.61 Å². The Hall–Kier alpha value is -1.46. The van der Waals surface area contributed by atoms with Gasteiger partial charge in [0.15, 0.2) is 0 Å². The zero-order chi connectivity index (χ0) is 14.7. The van der Waals surface area contributed by atoms with Gasteiger partial charge in [-0.2, -0.15) is 0 Å². The summed E-state index contributed by atoms with van der Waals surface area (Å²) in [7, 11) is 0. The topological polar surface area (TPSA) is 35.2 Å². The highest BCUT2D eigenvalue weighted by Gasteiger charge is 2.10. The number of nitrogens with two attached hydrogens (primary N) is 1. The van der Waals surface area contributed by atoms with Crippen molar-refractivity contribution in [2.24, 2.45) is 5.73 Å². The first-order valence-corrected chi connectivity index (χ1v) is 6.88. The molecule has 0 amide bonds. The van der Waals surface area contributed by atoms with Crippen LogP contribution in [0.2, 0.25) is 0 Å². The Morgan fingerprint density at radius 1 is 1.15 bits per heavy atom. The fourth-order valence-corrected chi connectivity index (χ4v) is 2.37. The molecule has 2 aromatic carbocycles. The van der Waals surface area contributed by atoms with E-state index in [1.165, 1.54) is 30.3 Å². The molecule has 5 heteroatoms. The summed E-state index contributed by atoms with van der Waals surface area (Å²) >= 11 is 3.22. The summed E-state index contributed by atoms with van der Waals surface area (Å²) in [6, 6.07) is 8.36. The van der Waals surface area contributed by atoms with Crippen molar-refractivity contribution < 1.29 is 13.5 Å². The Bertz CT molecular complexity index is 597. The SMILES string of the molecule is C[C@@H](N)c1cc(F)ccc1OCc1cc(F)cc(Br)c1. The third-order valence-electron chi connectivity index (χ3n) is 2.78. The third kappa shape index (κ3) is 3.77. The number of benzene rings is 2. The molecule has 2 rings (SSSR count). The molecule has 2 nitrogen and oxygen atoms in total. The average molecular weight is 342 g/mol. The molecule has 0 radical (unpaired) electrons. The van der Waals surface area contributed by atoms with Crippen molar-refractivity contribution in [3.8, 4) is 5.75 Å². The molecule has 0 aromatic heterocycles. The maximum atomic E-state index is 13.3. The van der Waals surface area contributed by atoms with Crippen LogP contribution in [0.25, 0.3) is 0 Å². The van der Waals surface area contributed by atoms with Gasteiger partial charge in [0, 0.05) is 16.1 Å². The van der Waals surface area contributed by atoms with Gasteiger partial charge in [0.2, 0.25) is 0 Å². The first-order valence-electron chi connectivity index (χ1n) is 6.08. The van der Waals surface area contributed by atoms with Gasteiger partial charge in [0.25, 0.3) is 0 Å². The molecule has 0 unspecified atom stereocenters. The average Bonchev–Trinajstić information content (AvgIpc) is 2.36. The summed E-state index contributed by atoms with van der Waals surface area (Å²) in [5.74, 6) is -0.204. The minimum Gasteiger partial charge on any atom is -0.489 e. The second-order valence-electron chi connectivity index (χ2n) is 4.54. The van der Waals surface area contributed by atoms with E-state index >= 15 is 0 Å². The quantitative estimate of drug-likeness (QED) is 0.898. The van der Waals surface area contributed by atoms with E-state index in [0.29, 0.717) is 21.3 Å².